The molecule has 1 aromatic carbocycles. The number of rotatable bonds is 3. The van der Waals surface area contributed by atoms with Crippen molar-refractivity contribution in [2.75, 3.05) is 7.11 Å². The second kappa shape index (κ2) is 4.04. The molecule has 0 aromatic heterocycles. The summed E-state index contributed by atoms with van der Waals surface area (Å²) in [5.74, 6) is 2.93. The van der Waals surface area contributed by atoms with E-state index in [1.807, 2.05) is 0 Å². The summed E-state index contributed by atoms with van der Waals surface area (Å²) in [7, 11) is 1.73. The summed E-state index contributed by atoms with van der Waals surface area (Å²) >= 11 is 0. The molecule has 2 aliphatic rings. The van der Waals surface area contributed by atoms with Gasteiger partial charge in [-0.15, -0.1) is 0 Å². The highest BCUT2D eigenvalue weighted by Gasteiger charge is 2.55. The molecule has 1 aromatic rings. The lowest BCUT2D eigenvalue weighted by molar-refractivity contribution is 0.264. The fourth-order valence-corrected chi connectivity index (χ4v) is 3.81. The molecule has 2 saturated carbocycles. The standard InChI is InChI=1S/C16H22O/c1-12-3-6-14-11-16(14,9-12)10-13-4-7-15(17-2)8-5-13/h4-5,7-8,12,14H,3,6,9-11H2,1-2H3/t12?,14-,16+/m1/s1. The van der Waals surface area contributed by atoms with Crippen molar-refractivity contribution < 1.29 is 4.74 Å². The zero-order valence-electron chi connectivity index (χ0n) is 10.9. The monoisotopic (exact) mass is 230 g/mol. The second-order valence-corrected chi connectivity index (χ2v) is 6.17. The quantitative estimate of drug-likeness (QED) is 0.760. The largest absolute Gasteiger partial charge is 0.497 e. The molecule has 17 heavy (non-hydrogen) atoms. The molecule has 1 heteroatoms. The number of hydrogen-bond donors (Lipinski definition) is 0. The molecular formula is C16H22O. The summed E-state index contributed by atoms with van der Waals surface area (Å²) in [5.41, 5.74) is 2.16. The Morgan fingerprint density at radius 1 is 1.18 bits per heavy atom. The highest BCUT2D eigenvalue weighted by atomic mass is 16.5. The molecule has 0 radical (unpaired) electrons. The van der Waals surface area contributed by atoms with Crippen LogP contribution in [-0.4, -0.2) is 7.11 Å². The summed E-state index contributed by atoms with van der Waals surface area (Å²) in [4.78, 5) is 0. The number of benzene rings is 1. The van der Waals surface area contributed by atoms with Gasteiger partial charge in [0.05, 0.1) is 7.11 Å². The molecule has 1 nitrogen and oxygen atoms in total. The van der Waals surface area contributed by atoms with Crippen molar-refractivity contribution in [3.63, 3.8) is 0 Å². The van der Waals surface area contributed by atoms with Crippen molar-refractivity contribution in [2.45, 2.75) is 39.0 Å². The van der Waals surface area contributed by atoms with E-state index in [0.29, 0.717) is 5.41 Å². The van der Waals surface area contributed by atoms with E-state index >= 15 is 0 Å². The smallest absolute Gasteiger partial charge is 0.118 e. The van der Waals surface area contributed by atoms with Gasteiger partial charge in [0, 0.05) is 0 Å². The lowest BCUT2D eigenvalue weighted by atomic mass is 9.78. The van der Waals surface area contributed by atoms with Gasteiger partial charge >= 0.3 is 0 Å². The number of hydrogen-bond acceptors (Lipinski definition) is 1. The molecule has 0 aliphatic heterocycles. The summed E-state index contributed by atoms with van der Waals surface area (Å²) in [6.07, 6.45) is 7.13. The molecule has 0 bridgehead atoms. The first-order valence-electron chi connectivity index (χ1n) is 6.85. The Morgan fingerprint density at radius 2 is 1.94 bits per heavy atom. The van der Waals surface area contributed by atoms with E-state index in [-0.39, 0.29) is 0 Å². The Labute approximate surface area is 104 Å². The minimum absolute atomic E-state index is 0.673. The molecule has 0 heterocycles. The molecule has 1 unspecified atom stereocenters. The zero-order valence-corrected chi connectivity index (χ0v) is 10.9. The first-order valence-corrected chi connectivity index (χ1v) is 6.85. The predicted molar refractivity (Wildman–Crippen MR) is 70.3 cm³/mol. The van der Waals surface area contributed by atoms with Crippen LogP contribution in [0.1, 0.15) is 38.2 Å². The summed E-state index contributed by atoms with van der Waals surface area (Å²) < 4.78 is 5.21. The number of fused-ring (bicyclic) bond motifs is 1. The van der Waals surface area contributed by atoms with Crippen molar-refractivity contribution in [3.8, 4) is 5.75 Å². The van der Waals surface area contributed by atoms with E-state index in [0.717, 1.165) is 17.6 Å². The van der Waals surface area contributed by atoms with Gasteiger partial charge in [-0.3, -0.25) is 0 Å². The lowest BCUT2D eigenvalue weighted by Gasteiger charge is -2.27. The SMILES string of the molecule is COc1ccc(C[C@]23CC(C)CC[C@@H]2C3)cc1. The molecule has 2 fully saturated rings. The van der Waals surface area contributed by atoms with Gasteiger partial charge in [0.2, 0.25) is 0 Å². The van der Waals surface area contributed by atoms with E-state index in [1.165, 1.54) is 37.7 Å². The summed E-state index contributed by atoms with van der Waals surface area (Å²) in [6, 6.07) is 8.66. The average Bonchev–Trinajstić information content (AvgIpc) is 3.03. The normalized spacial score (nSPS) is 35.2. The molecule has 0 amide bonds. The van der Waals surface area contributed by atoms with Gasteiger partial charge < -0.3 is 4.74 Å². The molecule has 0 spiro atoms. The molecule has 3 atom stereocenters. The van der Waals surface area contributed by atoms with Crippen LogP contribution < -0.4 is 4.74 Å². The molecular weight excluding hydrogens is 208 g/mol. The van der Waals surface area contributed by atoms with Gasteiger partial charge in [-0.05, 0) is 60.6 Å². The van der Waals surface area contributed by atoms with Crippen LogP contribution in [0.3, 0.4) is 0 Å². The number of methoxy groups -OCH3 is 1. The average molecular weight is 230 g/mol. The summed E-state index contributed by atoms with van der Waals surface area (Å²) in [6.45, 7) is 2.42. The number of ether oxygens (including phenoxy) is 1. The predicted octanol–water partition coefficient (Wildman–Crippen LogP) is 4.06. The van der Waals surface area contributed by atoms with Gasteiger partial charge in [-0.25, -0.2) is 0 Å². The second-order valence-electron chi connectivity index (χ2n) is 6.17. The topological polar surface area (TPSA) is 9.23 Å². The van der Waals surface area contributed by atoms with Gasteiger partial charge in [0.1, 0.15) is 5.75 Å². The Hall–Kier alpha value is -0.980. The van der Waals surface area contributed by atoms with Crippen LogP contribution in [0.5, 0.6) is 5.75 Å². The first kappa shape index (κ1) is 11.1. The van der Waals surface area contributed by atoms with Crippen LogP contribution in [0, 0.1) is 17.3 Å². The van der Waals surface area contributed by atoms with E-state index in [4.69, 9.17) is 4.74 Å². The molecule has 2 aliphatic carbocycles. The third-order valence-electron chi connectivity index (χ3n) is 4.84. The maximum absolute atomic E-state index is 5.21. The van der Waals surface area contributed by atoms with Gasteiger partial charge in [-0.2, -0.15) is 0 Å². The van der Waals surface area contributed by atoms with E-state index in [9.17, 15) is 0 Å². The lowest BCUT2D eigenvalue weighted by Crippen LogP contribution is -2.18. The minimum Gasteiger partial charge on any atom is -0.497 e. The Kier molecular flexibility index (Phi) is 2.65. The van der Waals surface area contributed by atoms with Crippen LogP contribution in [0.2, 0.25) is 0 Å². The van der Waals surface area contributed by atoms with Crippen LogP contribution in [0.25, 0.3) is 0 Å². The Morgan fingerprint density at radius 3 is 2.65 bits per heavy atom. The maximum Gasteiger partial charge on any atom is 0.118 e. The van der Waals surface area contributed by atoms with Crippen molar-refractivity contribution in [2.24, 2.45) is 17.3 Å². The Balaban J connectivity index is 1.70. The van der Waals surface area contributed by atoms with Gasteiger partial charge in [0.25, 0.3) is 0 Å². The fraction of sp³-hybridized carbons (Fsp3) is 0.625. The third-order valence-corrected chi connectivity index (χ3v) is 4.84. The molecule has 0 saturated heterocycles. The highest BCUT2D eigenvalue weighted by molar-refractivity contribution is 5.29. The fourth-order valence-electron chi connectivity index (χ4n) is 3.81. The van der Waals surface area contributed by atoms with Crippen LogP contribution in [0.4, 0.5) is 0 Å². The molecule has 3 rings (SSSR count). The van der Waals surface area contributed by atoms with Gasteiger partial charge in [0.15, 0.2) is 0 Å². The van der Waals surface area contributed by atoms with Crippen molar-refractivity contribution in [1.29, 1.82) is 0 Å². The first-order chi connectivity index (χ1) is 8.22. The van der Waals surface area contributed by atoms with Crippen molar-refractivity contribution in [1.82, 2.24) is 0 Å². The van der Waals surface area contributed by atoms with Crippen LogP contribution in [-0.2, 0) is 6.42 Å². The minimum atomic E-state index is 0.673. The van der Waals surface area contributed by atoms with Gasteiger partial charge in [-0.1, -0.05) is 25.5 Å². The van der Waals surface area contributed by atoms with Crippen LogP contribution in [0.15, 0.2) is 24.3 Å². The Bertz CT molecular complexity index is 394. The van der Waals surface area contributed by atoms with Crippen molar-refractivity contribution >= 4 is 0 Å². The van der Waals surface area contributed by atoms with Crippen molar-refractivity contribution in [3.05, 3.63) is 29.8 Å². The third kappa shape index (κ3) is 2.08. The van der Waals surface area contributed by atoms with E-state index in [1.54, 1.807) is 7.11 Å². The maximum atomic E-state index is 5.21. The zero-order chi connectivity index (χ0) is 11.9. The molecule has 92 valence electrons. The van der Waals surface area contributed by atoms with E-state index in [2.05, 4.69) is 31.2 Å². The van der Waals surface area contributed by atoms with Crippen LogP contribution >= 0.6 is 0 Å². The highest BCUT2D eigenvalue weighted by Crippen LogP contribution is 2.64. The van der Waals surface area contributed by atoms with E-state index < -0.39 is 0 Å². The molecule has 0 N–H and O–H groups in total. The summed E-state index contributed by atoms with van der Waals surface area (Å²) in [5, 5.41) is 0.